The van der Waals surface area contributed by atoms with Gasteiger partial charge in [-0.15, -0.1) is 11.8 Å². The van der Waals surface area contributed by atoms with E-state index >= 15 is 0 Å². The summed E-state index contributed by atoms with van der Waals surface area (Å²) in [7, 11) is 0. The molecule has 3 rings (SSSR count). The number of carboxylic acid groups (broad SMARTS) is 1. The second-order valence-electron chi connectivity index (χ2n) is 7.71. The van der Waals surface area contributed by atoms with Crippen molar-refractivity contribution < 1.29 is 33.8 Å². The molecule has 3 N–H and O–H groups in total. The van der Waals surface area contributed by atoms with Gasteiger partial charge in [0.25, 0.3) is 5.78 Å². The van der Waals surface area contributed by atoms with Crippen LogP contribution in [0.5, 0.6) is 0 Å². The first-order chi connectivity index (χ1) is 16.8. The van der Waals surface area contributed by atoms with Crippen molar-refractivity contribution in [2.24, 2.45) is 0 Å². The Bertz CT molecular complexity index is 1070. The molecule has 3 amide bonds. The summed E-state index contributed by atoms with van der Waals surface area (Å²) in [6, 6.07) is 15.6. The van der Waals surface area contributed by atoms with Crippen molar-refractivity contribution in [1.29, 1.82) is 0 Å². The van der Waals surface area contributed by atoms with Gasteiger partial charge < -0.3 is 25.4 Å². The van der Waals surface area contributed by atoms with Crippen LogP contribution in [0.3, 0.4) is 0 Å². The lowest BCUT2D eigenvalue weighted by Gasteiger charge is -2.25. The average molecular weight is 500 g/mol. The normalized spacial score (nSPS) is 15.7. The largest absolute Gasteiger partial charge is 0.475 e. The zero-order valence-corrected chi connectivity index (χ0v) is 19.5. The Morgan fingerprint density at radius 2 is 1.63 bits per heavy atom. The van der Waals surface area contributed by atoms with Gasteiger partial charge >= 0.3 is 12.1 Å². The molecule has 2 atom stereocenters. The maximum absolute atomic E-state index is 12.9. The number of Topliss-reactive ketones (excluding diaryl/α,β-unsaturated/α-hetero) is 1. The predicted octanol–water partition coefficient (Wildman–Crippen LogP) is 1.20. The molecule has 1 fully saturated rings. The van der Waals surface area contributed by atoms with Crippen LogP contribution in [0.15, 0.2) is 60.7 Å². The molecular weight excluding hydrogens is 474 g/mol. The minimum Gasteiger partial charge on any atom is -0.475 e. The van der Waals surface area contributed by atoms with Gasteiger partial charge in [-0.3, -0.25) is 14.4 Å². The summed E-state index contributed by atoms with van der Waals surface area (Å²) in [5, 5.41) is 14.0. The Morgan fingerprint density at radius 1 is 1.00 bits per heavy atom. The van der Waals surface area contributed by atoms with Gasteiger partial charge in [0.05, 0.1) is 5.88 Å². The standard InChI is InChI=1S/C24H25N3O7S/c28-20(12-25-24(33)34-13-17-9-5-2-6-10-17)27-15-35-14-19(27)22(30)26-18(21(29)23(31)32)11-16-7-3-1-4-8-16/h1-10,18-19H,11-15H2,(H,25,33)(H,26,30)(H,31,32)/t18-,19-/m0/s1. The Kier molecular flexibility index (Phi) is 9.24. The van der Waals surface area contributed by atoms with Gasteiger partial charge in [-0.05, 0) is 11.1 Å². The summed E-state index contributed by atoms with van der Waals surface area (Å²) < 4.78 is 5.08. The predicted molar refractivity (Wildman–Crippen MR) is 127 cm³/mol. The van der Waals surface area contributed by atoms with Gasteiger partial charge in [-0.2, -0.15) is 0 Å². The lowest BCUT2D eigenvalue weighted by molar-refractivity contribution is -0.150. The van der Waals surface area contributed by atoms with E-state index in [9.17, 15) is 24.0 Å². The summed E-state index contributed by atoms with van der Waals surface area (Å²) in [6.07, 6.45) is -0.773. The highest BCUT2D eigenvalue weighted by atomic mass is 32.2. The third-order valence-corrected chi connectivity index (χ3v) is 6.24. The first-order valence-electron chi connectivity index (χ1n) is 10.8. The van der Waals surface area contributed by atoms with Crippen LogP contribution in [0.1, 0.15) is 11.1 Å². The van der Waals surface area contributed by atoms with Crippen LogP contribution in [0.2, 0.25) is 0 Å². The highest BCUT2D eigenvalue weighted by Gasteiger charge is 2.37. The number of carbonyl (C=O) groups excluding carboxylic acids is 4. The van der Waals surface area contributed by atoms with Crippen molar-refractivity contribution in [3.05, 3.63) is 71.8 Å². The fourth-order valence-corrected chi connectivity index (χ4v) is 4.59. The molecule has 0 spiro atoms. The van der Waals surface area contributed by atoms with Gasteiger partial charge in [0.15, 0.2) is 0 Å². The van der Waals surface area contributed by atoms with Gasteiger partial charge in [0.1, 0.15) is 25.2 Å². The number of nitrogens with one attached hydrogen (secondary N) is 2. The second kappa shape index (κ2) is 12.6. The van der Waals surface area contributed by atoms with E-state index in [1.165, 1.54) is 16.7 Å². The number of rotatable bonds is 10. The number of hydrogen-bond donors (Lipinski definition) is 3. The van der Waals surface area contributed by atoms with Crippen LogP contribution in [-0.2, 0) is 36.9 Å². The van der Waals surface area contributed by atoms with E-state index in [4.69, 9.17) is 9.84 Å². The summed E-state index contributed by atoms with van der Waals surface area (Å²) >= 11 is 1.33. The number of carboxylic acids is 1. The Balaban J connectivity index is 1.55. The highest BCUT2D eigenvalue weighted by molar-refractivity contribution is 7.99. The number of ether oxygens (including phenoxy) is 1. The van der Waals surface area contributed by atoms with Crippen LogP contribution in [0, 0.1) is 0 Å². The van der Waals surface area contributed by atoms with Crippen molar-refractivity contribution in [3.8, 4) is 0 Å². The van der Waals surface area contributed by atoms with E-state index in [1.54, 1.807) is 42.5 Å². The number of amides is 3. The molecule has 1 aliphatic heterocycles. The maximum atomic E-state index is 12.9. The summed E-state index contributed by atoms with van der Waals surface area (Å²) in [6.45, 7) is -0.328. The van der Waals surface area contributed by atoms with Gasteiger partial charge in [0.2, 0.25) is 11.8 Å². The zero-order chi connectivity index (χ0) is 25.2. The number of aliphatic carboxylic acids is 1. The summed E-state index contributed by atoms with van der Waals surface area (Å²) in [4.78, 5) is 62.2. The van der Waals surface area contributed by atoms with Crippen molar-refractivity contribution in [2.75, 3.05) is 18.2 Å². The number of thioether (sulfide) groups is 1. The van der Waals surface area contributed by atoms with Gasteiger partial charge in [0, 0.05) is 12.2 Å². The number of hydrogen-bond acceptors (Lipinski definition) is 7. The van der Waals surface area contributed by atoms with E-state index in [2.05, 4.69) is 10.6 Å². The molecule has 1 saturated heterocycles. The van der Waals surface area contributed by atoms with Crippen molar-refractivity contribution in [3.63, 3.8) is 0 Å². The third kappa shape index (κ3) is 7.57. The van der Waals surface area contributed by atoms with Crippen molar-refractivity contribution >= 4 is 41.4 Å². The number of carbonyl (C=O) groups is 5. The Morgan fingerprint density at radius 3 is 2.26 bits per heavy atom. The molecule has 1 aliphatic rings. The minimum atomic E-state index is -1.65. The maximum Gasteiger partial charge on any atom is 0.407 e. The Labute approximate surface area is 206 Å². The van der Waals surface area contributed by atoms with Crippen LogP contribution < -0.4 is 10.6 Å². The minimum absolute atomic E-state index is 0.000331. The molecule has 184 valence electrons. The fraction of sp³-hybridized carbons (Fsp3) is 0.292. The van der Waals surface area contributed by atoms with E-state index in [-0.39, 0.29) is 31.2 Å². The van der Waals surface area contributed by atoms with Crippen LogP contribution in [-0.4, -0.2) is 69.9 Å². The van der Waals surface area contributed by atoms with Crippen LogP contribution in [0.25, 0.3) is 0 Å². The second-order valence-corrected chi connectivity index (χ2v) is 8.71. The molecule has 0 aromatic heterocycles. The number of benzene rings is 2. The summed E-state index contributed by atoms with van der Waals surface area (Å²) in [5.74, 6) is -3.45. The lowest BCUT2D eigenvalue weighted by Crippen LogP contribution is -2.54. The molecule has 0 saturated carbocycles. The quantitative estimate of drug-likeness (QED) is 0.414. The molecule has 35 heavy (non-hydrogen) atoms. The van der Waals surface area contributed by atoms with E-state index in [1.807, 2.05) is 18.2 Å². The number of ketones is 1. The molecule has 0 radical (unpaired) electrons. The van der Waals surface area contributed by atoms with Gasteiger partial charge in [-0.1, -0.05) is 60.7 Å². The van der Waals surface area contributed by atoms with Crippen molar-refractivity contribution in [2.45, 2.75) is 25.1 Å². The van der Waals surface area contributed by atoms with E-state index < -0.39 is 41.7 Å². The molecular formula is C24H25N3O7S. The number of alkyl carbamates (subject to hydrolysis) is 1. The van der Waals surface area contributed by atoms with E-state index in [0.29, 0.717) is 5.56 Å². The topological polar surface area (TPSA) is 142 Å². The smallest absolute Gasteiger partial charge is 0.407 e. The van der Waals surface area contributed by atoms with Crippen LogP contribution >= 0.6 is 11.8 Å². The summed E-state index contributed by atoms with van der Waals surface area (Å²) in [5.41, 5.74) is 1.47. The first-order valence-corrected chi connectivity index (χ1v) is 11.9. The molecule has 11 heteroatoms. The SMILES string of the molecule is O=C(NCC(=O)N1CSC[C@H]1C(=O)N[C@@H](Cc1ccccc1)C(=O)C(=O)O)OCc1ccccc1. The van der Waals surface area contributed by atoms with Crippen molar-refractivity contribution in [1.82, 2.24) is 15.5 Å². The fourth-order valence-electron chi connectivity index (χ4n) is 3.41. The monoisotopic (exact) mass is 499 g/mol. The third-order valence-electron chi connectivity index (χ3n) is 5.23. The zero-order valence-electron chi connectivity index (χ0n) is 18.7. The lowest BCUT2D eigenvalue weighted by atomic mass is 10.0. The molecule has 2 aromatic rings. The van der Waals surface area contributed by atoms with E-state index in [0.717, 1.165) is 5.56 Å². The van der Waals surface area contributed by atoms with Gasteiger partial charge in [-0.25, -0.2) is 9.59 Å². The average Bonchev–Trinajstić information content (AvgIpc) is 3.37. The number of nitrogens with zero attached hydrogens (tertiary/aromatic N) is 1. The first kappa shape index (κ1) is 25.8. The Hall–Kier alpha value is -3.86. The molecule has 0 aliphatic carbocycles. The molecule has 0 unspecified atom stereocenters. The molecule has 10 nitrogen and oxygen atoms in total. The molecule has 2 aromatic carbocycles. The molecule has 0 bridgehead atoms. The highest BCUT2D eigenvalue weighted by Crippen LogP contribution is 2.21. The molecule has 1 heterocycles. The van der Waals surface area contributed by atoms with Crippen LogP contribution in [0.4, 0.5) is 4.79 Å².